The summed E-state index contributed by atoms with van der Waals surface area (Å²) < 4.78 is 35.0. The van der Waals surface area contributed by atoms with Crippen LogP contribution in [0.5, 0.6) is 5.75 Å². The fourth-order valence-corrected chi connectivity index (χ4v) is 6.34. The predicted octanol–water partition coefficient (Wildman–Crippen LogP) is 3.73. The zero-order valence-electron chi connectivity index (χ0n) is 23.6. The summed E-state index contributed by atoms with van der Waals surface area (Å²) in [4.78, 5) is 40.0. The summed E-state index contributed by atoms with van der Waals surface area (Å²) in [7, 11) is 3.19. The second-order valence-corrected chi connectivity index (χ2v) is 11.6. The number of thioether (sulfide) groups is 1. The Morgan fingerprint density at radius 2 is 1.82 bits per heavy atom. The van der Waals surface area contributed by atoms with Crippen molar-refractivity contribution in [1.29, 1.82) is 0 Å². The molecule has 0 aliphatic carbocycles. The summed E-state index contributed by atoms with van der Waals surface area (Å²) in [5, 5.41) is 2.56. The zero-order chi connectivity index (χ0) is 28.7. The van der Waals surface area contributed by atoms with E-state index in [0.717, 1.165) is 11.3 Å². The van der Waals surface area contributed by atoms with Gasteiger partial charge in [0.1, 0.15) is 18.4 Å². The van der Waals surface area contributed by atoms with Gasteiger partial charge in [-0.05, 0) is 36.5 Å². The van der Waals surface area contributed by atoms with Crippen molar-refractivity contribution in [3.8, 4) is 5.75 Å². The minimum Gasteiger partial charge on any atom is -0.497 e. The molecule has 1 unspecified atom stereocenters. The number of carbonyl (C=O) groups excluding carboxylic acids is 3. The summed E-state index contributed by atoms with van der Waals surface area (Å²) in [6.45, 7) is 4.67. The van der Waals surface area contributed by atoms with Crippen molar-refractivity contribution in [2.45, 2.75) is 76.2 Å². The largest absolute Gasteiger partial charge is 0.497 e. The van der Waals surface area contributed by atoms with Crippen molar-refractivity contribution in [2.24, 2.45) is 5.92 Å². The van der Waals surface area contributed by atoms with Crippen LogP contribution in [-0.2, 0) is 35.0 Å². The van der Waals surface area contributed by atoms with E-state index in [-0.39, 0.29) is 36.5 Å². The van der Waals surface area contributed by atoms with Gasteiger partial charge in [-0.25, -0.2) is 9.59 Å². The molecule has 3 aliphatic heterocycles. The molecule has 11 nitrogen and oxygen atoms in total. The quantitative estimate of drug-likeness (QED) is 0.498. The maximum Gasteiger partial charge on any atom is 0.407 e. The van der Waals surface area contributed by atoms with Crippen molar-refractivity contribution >= 4 is 29.1 Å². The lowest BCUT2D eigenvalue weighted by atomic mass is 9.92. The highest BCUT2D eigenvalue weighted by Crippen LogP contribution is 2.42. The molecule has 0 radical (unpaired) electrons. The number of benzene rings is 1. The average Bonchev–Trinajstić information content (AvgIpc) is 3.32. The minimum atomic E-state index is -1.16. The number of amides is 2. The molecular formula is C28H40N2O9S. The third kappa shape index (κ3) is 7.39. The lowest BCUT2D eigenvalue weighted by molar-refractivity contribution is -0.311. The lowest BCUT2D eigenvalue weighted by Gasteiger charge is -2.48. The van der Waals surface area contributed by atoms with Crippen molar-refractivity contribution < 1.29 is 42.8 Å². The fourth-order valence-electron chi connectivity index (χ4n) is 5.25. The first-order valence-electron chi connectivity index (χ1n) is 13.8. The van der Waals surface area contributed by atoms with Crippen LogP contribution in [0.1, 0.15) is 45.1 Å². The highest BCUT2D eigenvalue weighted by molar-refractivity contribution is 8.13. The minimum absolute atomic E-state index is 0.0456. The van der Waals surface area contributed by atoms with Crippen LogP contribution in [0.15, 0.2) is 24.3 Å². The molecule has 0 aromatic heterocycles. The maximum atomic E-state index is 13.0. The van der Waals surface area contributed by atoms with E-state index in [0.29, 0.717) is 44.6 Å². The lowest BCUT2D eigenvalue weighted by Crippen LogP contribution is -2.61. The Hall–Kier alpha value is -2.54. The van der Waals surface area contributed by atoms with E-state index in [4.69, 9.17) is 28.4 Å². The molecule has 3 aliphatic rings. The highest BCUT2D eigenvalue weighted by Gasteiger charge is 2.54. The number of hydrogen-bond acceptors (Lipinski definition) is 10. The number of cyclic esters (lactones) is 2. The zero-order valence-corrected chi connectivity index (χ0v) is 24.4. The number of esters is 1. The Labute approximate surface area is 239 Å². The van der Waals surface area contributed by atoms with Gasteiger partial charge in [0.05, 0.1) is 32.0 Å². The Morgan fingerprint density at radius 3 is 2.52 bits per heavy atom. The molecular weight excluding hydrogens is 540 g/mol. The van der Waals surface area contributed by atoms with Crippen LogP contribution in [0.2, 0.25) is 0 Å². The fraction of sp³-hybridized carbons (Fsp3) is 0.679. The molecule has 3 heterocycles. The smallest absolute Gasteiger partial charge is 0.407 e. The first-order chi connectivity index (χ1) is 19.2. The van der Waals surface area contributed by atoms with Crippen LogP contribution in [0.4, 0.5) is 9.59 Å². The van der Waals surface area contributed by atoms with Gasteiger partial charge in [0.2, 0.25) is 0 Å². The van der Waals surface area contributed by atoms with E-state index >= 15 is 0 Å². The number of carbonyl (C=O) groups is 3. The van der Waals surface area contributed by atoms with E-state index in [2.05, 4.69) is 5.32 Å². The number of rotatable bonds is 6. The van der Waals surface area contributed by atoms with Crippen molar-refractivity contribution in [1.82, 2.24) is 10.2 Å². The van der Waals surface area contributed by atoms with Gasteiger partial charge in [-0.3, -0.25) is 4.79 Å². The summed E-state index contributed by atoms with van der Waals surface area (Å²) >= 11 is 1.23. The molecule has 0 spiro atoms. The van der Waals surface area contributed by atoms with E-state index in [9.17, 15) is 14.4 Å². The van der Waals surface area contributed by atoms with Crippen LogP contribution >= 0.6 is 11.8 Å². The molecule has 12 heteroatoms. The molecule has 5 atom stereocenters. The standard InChI is InChI=1S/C28H40N2O9S/c1-18(2)24-25(31)38-16-22-13-21(36-11-5-6-12-37-26(32)29-24)14-28(35-4,39-22)23-17-40-27(33)30(23)15-19-7-9-20(34-3)10-8-19/h7-10,18,21-24H,5-6,11-17H2,1-4H3,(H,29,32)/t21-,22-,23-,24?,28+/m0/s1. The molecule has 2 bridgehead atoms. The Kier molecular flexibility index (Phi) is 10.6. The van der Waals surface area contributed by atoms with Crippen LogP contribution in [-0.4, -0.2) is 92.1 Å². The SMILES string of the molecule is COc1ccc(CN2C(=O)SC[C@H]2[C@@]2(OC)C[C@@H]3C[C@@H](COC(=O)C(C(C)C)NC(=O)OCCCCO3)O2)cc1. The van der Waals surface area contributed by atoms with E-state index in [1.54, 1.807) is 19.1 Å². The number of nitrogens with zero attached hydrogens (tertiary/aromatic N) is 1. The number of nitrogens with one attached hydrogen (secondary N) is 1. The second kappa shape index (κ2) is 13.9. The molecule has 40 heavy (non-hydrogen) atoms. The van der Waals surface area contributed by atoms with Gasteiger partial charge in [-0.1, -0.05) is 37.7 Å². The van der Waals surface area contributed by atoms with E-state index in [1.807, 2.05) is 38.1 Å². The Morgan fingerprint density at radius 1 is 1.07 bits per heavy atom. The molecule has 1 N–H and O–H groups in total. The monoisotopic (exact) mass is 580 g/mol. The average molecular weight is 581 g/mol. The molecule has 4 rings (SSSR count). The van der Waals surface area contributed by atoms with Gasteiger partial charge >= 0.3 is 12.1 Å². The third-order valence-electron chi connectivity index (χ3n) is 7.48. The predicted molar refractivity (Wildman–Crippen MR) is 147 cm³/mol. The number of alkyl carbamates (subject to hydrolysis) is 1. The summed E-state index contributed by atoms with van der Waals surface area (Å²) in [5.41, 5.74) is 0.955. The van der Waals surface area contributed by atoms with E-state index in [1.165, 1.54) is 11.8 Å². The van der Waals surface area contributed by atoms with Crippen molar-refractivity contribution in [3.63, 3.8) is 0 Å². The molecule has 1 aromatic carbocycles. The van der Waals surface area contributed by atoms with Gasteiger partial charge in [0.15, 0.2) is 5.79 Å². The number of ether oxygens (including phenoxy) is 6. The number of fused-ring (bicyclic) bond motifs is 2. The number of methoxy groups -OCH3 is 2. The van der Waals surface area contributed by atoms with Gasteiger partial charge in [-0.2, -0.15) is 0 Å². The van der Waals surface area contributed by atoms with Gasteiger partial charge < -0.3 is 38.6 Å². The highest BCUT2D eigenvalue weighted by atomic mass is 32.2. The molecule has 3 saturated heterocycles. The first kappa shape index (κ1) is 30.4. The van der Waals surface area contributed by atoms with Crippen molar-refractivity contribution in [2.75, 3.05) is 39.8 Å². The third-order valence-corrected chi connectivity index (χ3v) is 8.44. The molecule has 3 fully saturated rings. The van der Waals surface area contributed by atoms with Gasteiger partial charge in [0, 0.05) is 38.9 Å². The van der Waals surface area contributed by atoms with Crippen LogP contribution in [0.3, 0.4) is 0 Å². The Balaban J connectivity index is 1.55. The Bertz CT molecular complexity index is 1020. The topological polar surface area (TPSA) is 122 Å². The van der Waals surface area contributed by atoms with Crippen LogP contribution in [0, 0.1) is 5.92 Å². The summed E-state index contributed by atoms with van der Waals surface area (Å²) in [6.07, 6.45) is 0.801. The van der Waals surface area contributed by atoms with Crippen LogP contribution in [0.25, 0.3) is 0 Å². The van der Waals surface area contributed by atoms with Gasteiger partial charge in [-0.15, -0.1) is 0 Å². The normalized spacial score (nSPS) is 30.6. The number of hydrogen-bond donors (Lipinski definition) is 1. The van der Waals surface area contributed by atoms with Crippen LogP contribution < -0.4 is 10.1 Å². The molecule has 1 aromatic rings. The van der Waals surface area contributed by atoms with Gasteiger partial charge in [0.25, 0.3) is 5.24 Å². The molecule has 0 saturated carbocycles. The first-order valence-corrected chi connectivity index (χ1v) is 14.7. The molecule has 222 valence electrons. The second-order valence-electron chi connectivity index (χ2n) is 10.6. The summed E-state index contributed by atoms with van der Waals surface area (Å²) in [5.74, 6) is -0.700. The summed E-state index contributed by atoms with van der Waals surface area (Å²) in [6, 6.07) is 6.35. The van der Waals surface area contributed by atoms with E-state index < -0.39 is 30.0 Å². The van der Waals surface area contributed by atoms with Crippen molar-refractivity contribution in [3.05, 3.63) is 29.8 Å². The molecule has 2 amide bonds. The maximum absolute atomic E-state index is 13.0.